The Hall–Kier alpha value is -0.660. The maximum absolute atomic E-state index is 11.2. The highest BCUT2D eigenvalue weighted by Gasteiger charge is 2.54. The summed E-state index contributed by atoms with van der Waals surface area (Å²) in [7, 11) is 0. The summed E-state index contributed by atoms with van der Waals surface area (Å²) >= 11 is 0. The highest BCUT2D eigenvalue weighted by atomic mass is 16.1. The molecular formula is C11H16O2. The largest absolute Gasteiger partial charge is 0.303 e. The summed E-state index contributed by atoms with van der Waals surface area (Å²) in [4.78, 5) is 22.3. The molecule has 2 saturated carbocycles. The lowest BCUT2D eigenvalue weighted by atomic mass is 9.75. The summed E-state index contributed by atoms with van der Waals surface area (Å²) in [6, 6.07) is 0. The molecule has 0 amide bonds. The molecule has 13 heavy (non-hydrogen) atoms. The molecule has 0 radical (unpaired) electrons. The second-order valence-electron chi connectivity index (χ2n) is 4.66. The SMILES string of the molecule is CC(=O)CC(C=O)(C1CC1)C1CC1. The van der Waals surface area contributed by atoms with Crippen LogP contribution in [0, 0.1) is 17.3 Å². The van der Waals surface area contributed by atoms with Crippen molar-refractivity contribution >= 4 is 12.1 Å². The molecule has 0 N–H and O–H groups in total. The Morgan fingerprint density at radius 2 is 1.77 bits per heavy atom. The third-order valence-electron chi connectivity index (χ3n) is 3.45. The molecule has 0 bridgehead atoms. The van der Waals surface area contributed by atoms with Crippen molar-refractivity contribution in [1.82, 2.24) is 0 Å². The molecule has 0 unspecified atom stereocenters. The zero-order valence-electron chi connectivity index (χ0n) is 8.08. The quantitative estimate of drug-likeness (QED) is 0.606. The fraction of sp³-hybridized carbons (Fsp3) is 0.818. The van der Waals surface area contributed by atoms with Crippen LogP contribution in [-0.4, -0.2) is 12.1 Å². The monoisotopic (exact) mass is 180 g/mol. The van der Waals surface area contributed by atoms with E-state index in [1.165, 1.54) is 0 Å². The van der Waals surface area contributed by atoms with Gasteiger partial charge in [-0.05, 0) is 44.4 Å². The summed E-state index contributed by atoms with van der Waals surface area (Å²) in [5.41, 5.74) is -0.244. The zero-order valence-corrected chi connectivity index (χ0v) is 8.08. The number of hydrogen-bond donors (Lipinski definition) is 0. The molecule has 72 valence electrons. The van der Waals surface area contributed by atoms with Gasteiger partial charge < -0.3 is 4.79 Å². The smallest absolute Gasteiger partial charge is 0.130 e. The van der Waals surface area contributed by atoms with Crippen LogP contribution in [0.2, 0.25) is 0 Å². The molecule has 0 saturated heterocycles. The predicted molar refractivity (Wildman–Crippen MR) is 49.2 cm³/mol. The Balaban J connectivity index is 2.14. The number of ketones is 1. The van der Waals surface area contributed by atoms with Crippen LogP contribution in [-0.2, 0) is 9.59 Å². The van der Waals surface area contributed by atoms with E-state index in [0.29, 0.717) is 18.3 Å². The van der Waals surface area contributed by atoms with Crippen LogP contribution >= 0.6 is 0 Å². The number of carbonyl (C=O) groups excluding carboxylic acids is 2. The molecule has 2 nitrogen and oxygen atoms in total. The minimum atomic E-state index is -0.244. The van der Waals surface area contributed by atoms with E-state index in [4.69, 9.17) is 0 Å². The summed E-state index contributed by atoms with van der Waals surface area (Å²) < 4.78 is 0. The lowest BCUT2D eigenvalue weighted by Crippen LogP contribution is -2.30. The van der Waals surface area contributed by atoms with Gasteiger partial charge in [-0.3, -0.25) is 4.79 Å². The number of carbonyl (C=O) groups is 2. The van der Waals surface area contributed by atoms with Gasteiger partial charge in [0.15, 0.2) is 0 Å². The standard InChI is InChI=1S/C11H16O2/c1-8(13)6-11(7-12,9-2-3-9)10-4-5-10/h7,9-10H,2-6H2,1H3. The predicted octanol–water partition coefficient (Wildman–Crippen LogP) is 1.97. The molecule has 2 aliphatic carbocycles. The van der Waals surface area contributed by atoms with E-state index in [1.54, 1.807) is 6.92 Å². The highest BCUT2D eigenvalue weighted by molar-refractivity contribution is 5.81. The van der Waals surface area contributed by atoms with Gasteiger partial charge in [-0.1, -0.05) is 0 Å². The van der Waals surface area contributed by atoms with Crippen LogP contribution in [0.25, 0.3) is 0 Å². The summed E-state index contributed by atoms with van der Waals surface area (Å²) in [5.74, 6) is 1.23. The Labute approximate surface area is 78.7 Å². The minimum absolute atomic E-state index is 0.172. The third-order valence-corrected chi connectivity index (χ3v) is 3.45. The van der Waals surface area contributed by atoms with Crippen LogP contribution in [0.15, 0.2) is 0 Å². The first-order chi connectivity index (χ1) is 6.19. The summed E-state index contributed by atoms with van der Waals surface area (Å²) in [6.45, 7) is 1.60. The molecule has 0 aromatic heterocycles. The van der Waals surface area contributed by atoms with Gasteiger partial charge in [0.1, 0.15) is 12.1 Å². The van der Waals surface area contributed by atoms with Gasteiger partial charge in [0.2, 0.25) is 0 Å². The number of hydrogen-bond acceptors (Lipinski definition) is 2. The molecular weight excluding hydrogens is 164 g/mol. The van der Waals surface area contributed by atoms with Gasteiger partial charge in [0.25, 0.3) is 0 Å². The molecule has 2 fully saturated rings. The van der Waals surface area contributed by atoms with Crippen LogP contribution in [0.1, 0.15) is 39.0 Å². The van der Waals surface area contributed by atoms with Crippen LogP contribution in [0.3, 0.4) is 0 Å². The maximum atomic E-state index is 11.2. The highest BCUT2D eigenvalue weighted by Crippen LogP contribution is 2.58. The average Bonchev–Trinajstić information content (AvgIpc) is 2.83. The van der Waals surface area contributed by atoms with Crippen molar-refractivity contribution in [3.05, 3.63) is 0 Å². The van der Waals surface area contributed by atoms with Crippen molar-refractivity contribution < 1.29 is 9.59 Å². The molecule has 0 aromatic carbocycles. The second-order valence-corrected chi connectivity index (χ2v) is 4.66. The molecule has 0 heterocycles. The van der Waals surface area contributed by atoms with Crippen molar-refractivity contribution in [3.63, 3.8) is 0 Å². The summed E-state index contributed by atoms with van der Waals surface area (Å²) in [5, 5.41) is 0. The Kier molecular flexibility index (Phi) is 2.01. The number of aldehydes is 1. The van der Waals surface area contributed by atoms with Gasteiger partial charge in [-0.2, -0.15) is 0 Å². The molecule has 2 aliphatic rings. The first-order valence-electron chi connectivity index (χ1n) is 5.15. The lowest BCUT2D eigenvalue weighted by Gasteiger charge is -2.26. The van der Waals surface area contributed by atoms with E-state index >= 15 is 0 Å². The average molecular weight is 180 g/mol. The Morgan fingerprint density at radius 1 is 1.31 bits per heavy atom. The topological polar surface area (TPSA) is 34.1 Å². The Morgan fingerprint density at radius 3 is 2.00 bits per heavy atom. The van der Waals surface area contributed by atoms with E-state index in [1.807, 2.05) is 0 Å². The third kappa shape index (κ3) is 1.54. The zero-order chi connectivity index (χ0) is 9.47. The van der Waals surface area contributed by atoms with Crippen molar-refractivity contribution in [1.29, 1.82) is 0 Å². The number of rotatable bonds is 5. The fourth-order valence-electron chi connectivity index (χ4n) is 2.53. The van der Waals surface area contributed by atoms with Crippen molar-refractivity contribution in [3.8, 4) is 0 Å². The number of Topliss-reactive ketones (excluding diaryl/α,β-unsaturated/α-hetero) is 1. The molecule has 2 heteroatoms. The van der Waals surface area contributed by atoms with Crippen LogP contribution in [0.5, 0.6) is 0 Å². The van der Waals surface area contributed by atoms with Crippen molar-refractivity contribution in [2.45, 2.75) is 39.0 Å². The van der Waals surface area contributed by atoms with Gasteiger partial charge >= 0.3 is 0 Å². The van der Waals surface area contributed by atoms with Gasteiger partial charge in [0.05, 0.1) is 0 Å². The second kappa shape index (κ2) is 2.93. The first-order valence-corrected chi connectivity index (χ1v) is 5.15. The summed E-state index contributed by atoms with van der Waals surface area (Å²) in [6.07, 6.45) is 6.20. The Bertz CT molecular complexity index is 224. The van der Waals surface area contributed by atoms with E-state index < -0.39 is 0 Å². The fourth-order valence-corrected chi connectivity index (χ4v) is 2.53. The van der Waals surface area contributed by atoms with E-state index in [9.17, 15) is 9.59 Å². The molecule has 0 aliphatic heterocycles. The molecule has 0 spiro atoms. The normalized spacial score (nSPS) is 22.8. The van der Waals surface area contributed by atoms with Gasteiger partial charge in [-0.25, -0.2) is 0 Å². The van der Waals surface area contributed by atoms with Crippen LogP contribution in [0.4, 0.5) is 0 Å². The van der Waals surface area contributed by atoms with Crippen molar-refractivity contribution in [2.24, 2.45) is 17.3 Å². The molecule has 0 atom stereocenters. The van der Waals surface area contributed by atoms with Crippen LogP contribution < -0.4 is 0 Å². The maximum Gasteiger partial charge on any atom is 0.130 e. The molecule has 2 rings (SSSR count). The van der Waals surface area contributed by atoms with E-state index in [2.05, 4.69) is 0 Å². The lowest BCUT2D eigenvalue weighted by molar-refractivity contribution is -0.127. The first kappa shape index (κ1) is 8.92. The van der Waals surface area contributed by atoms with Crippen molar-refractivity contribution in [2.75, 3.05) is 0 Å². The van der Waals surface area contributed by atoms with E-state index in [-0.39, 0.29) is 11.2 Å². The van der Waals surface area contributed by atoms with Gasteiger partial charge in [-0.15, -0.1) is 0 Å². The molecule has 0 aromatic rings. The van der Waals surface area contributed by atoms with Gasteiger partial charge in [0, 0.05) is 11.8 Å². The van der Waals surface area contributed by atoms with E-state index in [0.717, 1.165) is 32.0 Å². The minimum Gasteiger partial charge on any atom is -0.303 e.